The van der Waals surface area contributed by atoms with Crippen molar-refractivity contribution in [2.45, 2.75) is 18.9 Å². The number of anilines is 1. The predicted molar refractivity (Wildman–Crippen MR) is 68.6 cm³/mol. The Morgan fingerprint density at radius 2 is 2.22 bits per heavy atom. The van der Waals surface area contributed by atoms with Crippen LogP contribution in [0.4, 0.5) is 5.69 Å². The molecule has 1 aliphatic heterocycles. The second-order valence-corrected chi connectivity index (χ2v) is 4.30. The summed E-state index contributed by atoms with van der Waals surface area (Å²) in [5, 5.41) is 3.31. The number of primary amides is 1. The molecule has 0 radical (unpaired) electrons. The Morgan fingerprint density at radius 1 is 1.44 bits per heavy atom. The molecule has 1 unspecified atom stereocenters. The van der Waals surface area contributed by atoms with E-state index in [2.05, 4.69) is 5.32 Å². The largest absolute Gasteiger partial charge is 0.484 e. The molecule has 1 atom stereocenters. The molecule has 18 heavy (non-hydrogen) atoms. The maximum absolute atomic E-state index is 10.6. The van der Waals surface area contributed by atoms with Gasteiger partial charge in [-0.3, -0.25) is 4.79 Å². The molecule has 5 nitrogen and oxygen atoms in total. The van der Waals surface area contributed by atoms with E-state index in [1.807, 2.05) is 12.1 Å². The second-order valence-electron chi connectivity index (χ2n) is 4.30. The zero-order chi connectivity index (χ0) is 12.8. The second kappa shape index (κ2) is 6.26. The van der Waals surface area contributed by atoms with Crippen LogP contribution in [-0.4, -0.2) is 31.8 Å². The fourth-order valence-corrected chi connectivity index (χ4v) is 1.86. The normalized spacial score (nSPS) is 18.6. The topological polar surface area (TPSA) is 73.6 Å². The van der Waals surface area contributed by atoms with Crippen molar-refractivity contribution in [2.75, 3.05) is 25.1 Å². The van der Waals surface area contributed by atoms with E-state index in [0.29, 0.717) is 11.9 Å². The number of rotatable bonds is 6. The predicted octanol–water partition coefficient (Wildman–Crippen LogP) is 1.14. The Kier molecular flexibility index (Phi) is 4.41. The smallest absolute Gasteiger partial charge is 0.255 e. The van der Waals surface area contributed by atoms with Crippen LogP contribution >= 0.6 is 0 Å². The number of ether oxygens (including phenoxy) is 2. The van der Waals surface area contributed by atoms with E-state index in [4.69, 9.17) is 15.2 Å². The van der Waals surface area contributed by atoms with Crippen molar-refractivity contribution in [3.8, 4) is 5.75 Å². The summed E-state index contributed by atoms with van der Waals surface area (Å²) in [4.78, 5) is 10.6. The Labute approximate surface area is 106 Å². The summed E-state index contributed by atoms with van der Waals surface area (Å²) in [5.41, 5.74) is 6.01. The first kappa shape index (κ1) is 12.7. The number of carbonyl (C=O) groups is 1. The summed E-state index contributed by atoms with van der Waals surface area (Å²) >= 11 is 0. The molecule has 0 aromatic heterocycles. The first-order valence-electron chi connectivity index (χ1n) is 6.10. The zero-order valence-electron chi connectivity index (χ0n) is 10.2. The van der Waals surface area contributed by atoms with Gasteiger partial charge in [-0.2, -0.15) is 0 Å². The SMILES string of the molecule is NC(=O)COc1ccc(NCC2CCCO2)cc1. The highest BCUT2D eigenvalue weighted by molar-refractivity contribution is 5.75. The molecule has 1 amide bonds. The summed E-state index contributed by atoms with van der Waals surface area (Å²) in [7, 11) is 0. The minimum atomic E-state index is -0.476. The molecule has 2 rings (SSSR count). The monoisotopic (exact) mass is 250 g/mol. The van der Waals surface area contributed by atoms with Crippen molar-refractivity contribution in [3.63, 3.8) is 0 Å². The van der Waals surface area contributed by atoms with Gasteiger partial charge in [-0.05, 0) is 37.1 Å². The number of hydrogen-bond donors (Lipinski definition) is 2. The van der Waals surface area contributed by atoms with Gasteiger partial charge in [-0.25, -0.2) is 0 Å². The molecular formula is C13H18N2O3. The van der Waals surface area contributed by atoms with E-state index in [1.165, 1.54) is 0 Å². The lowest BCUT2D eigenvalue weighted by Crippen LogP contribution is -2.20. The highest BCUT2D eigenvalue weighted by Crippen LogP contribution is 2.17. The number of benzene rings is 1. The quantitative estimate of drug-likeness (QED) is 0.794. The van der Waals surface area contributed by atoms with E-state index in [1.54, 1.807) is 12.1 Å². The first-order chi connectivity index (χ1) is 8.74. The molecular weight excluding hydrogens is 232 g/mol. The van der Waals surface area contributed by atoms with Crippen LogP contribution in [0, 0.1) is 0 Å². The van der Waals surface area contributed by atoms with Crippen molar-refractivity contribution in [2.24, 2.45) is 5.73 Å². The maximum atomic E-state index is 10.6. The highest BCUT2D eigenvalue weighted by Gasteiger charge is 2.14. The van der Waals surface area contributed by atoms with Crippen molar-refractivity contribution in [1.29, 1.82) is 0 Å². The number of nitrogens with two attached hydrogens (primary N) is 1. The Morgan fingerprint density at radius 3 is 2.83 bits per heavy atom. The third-order valence-corrected chi connectivity index (χ3v) is 2.79. The lowest BCUT2D eigenvalue weighted by atomic mass is 10.2. The average Bonchev–Trinajstić information content (AvgIpc) is 2.88. The fraction of sp³-hybridized carbons (Fsp3) is 0.462. The minimum absolute atomic E-state index is 0.0946. The maximum Gasteiger partial charge on any atom is 0.255 e. The van der Waals surface area contributed by atoms with Crippen LogP contribution in [0.5, 0.6) is 5.75 Å². The standard InChI is InChI=1S/C13H18N2O3/c14-13(16)9-18-11-5-3-10(4-6-11)15-8-12-2-1-7-17-12/h3-6,12,15H,1-2,7-9H2,(H2,14,16). The van der Waals surface area contributed by atoms with Gasteiger partial charge in [0, 0.05) is 18.8 Å². The third kappa shape index (κ3) is 3.92. The number of carbonyl (C=O) groups excluding carboxylic acids is 1. The molecule has 3 N–H and O–H groups in total. The fourth-order valence-electron chi connectivity index (χ4n) is 1.86. The molecule has 1 heterocycles. The van der Waals surface area contributed by atoms with E-state index in [0.717, 1.165) is 31.7 Å². The summed E-state index contributed by atoms with van der Waals surface area (Å²) in [5.74, 6) is 0.159. The average molecular weight is 250 g/mol. The van der Waals surface area contributed by atoms with Crippen LogP contribution in [0.25, 0.3) is 0 Å². The van der Waals surface area contributed by atoms with Crippen LogP contribution in [0.2, 0.25) is 0 Å². The molecule has 5 heteroatoms. The van der Waals surface area contributed by atoms with Gasteiger partial charge in [0.2, 0.25) is 0 Å². The summed E-state index contributed by atoms with van der Waals surface area (Å²) in [6.07, 6.45) is 2.58. The first-order valence-corrected chi connectivity index (χ1v) is 6.10. The molecule has 0 bridgehead atoms. The Hall–Kier alpha value is -1.75. The molecule has 1 aliphatic rings. The van der Waals surface area contributed by atoms with E-state index < -0.39 is 5.91 Å². The third-order valence-electron chi connectivity index (χ3n) is 2.79. The summed E-state index contributed by atoms with van der Waals surface area (Å²) in [6, 6.07) is 7.43. The van der Waals surface area contributed by atoms with Crippen LogP contribution in [0.3, 0.4) is 0 Å². The van der Waals surface area contributed by atoms with E-state index in [-0.39, 0.29) is 6.61 Å². The summed E-state index contributed by atoms with van der Waals surface area (Å²) in [6.45, 7) is 1.59. The molecule has 98 valence electrons. The van der Waals surface area contributed by atoms with Gasteiger partial charge in [-0.15, -0.1) is 0 Å². The van der Waals surface area contributed by atoms with Crippen molar-refractivity contribution < 1.29 is 14.3 Å². The molecule has 0 spiro atoms. The number of nitrogens with one attached hydrogen (secondary N) is 1. The van der Waals surface area contributed by atoms with Crippen LogP contribution < -0.4 is 15.8 Å². The van der Waals surface area contributed by atoms with Crippen LogP contribution in [0.15, 0.2) is 24.3 Å². The number of hydrogen-bond acceptors (Lipinski definition) is 4. The molecule has 0 saturated carbocycles. The molecule has 1 saturated heterocycles. The molecule has 1 aromatic carbocycles. The van der Waals surface area contributed by atoms with Gasteiger partial charge in [-0.1, -0.05) is 0 Å². The molecule has 1 aromatic rings. The van der Waals surface area contributed by atoms with Gasteiger partial charge < -0.3 is 20.5 Å². The van der Waals surface area contributed by atoms with Gasteiger partial charge in [0.15, 0.2) is 6.61 Å². The highest BCUT2D eigenvalue weighted by atomic mass is 16.5. The van der Waals surface area contributed by atoms with Crippen molar-refractivity contribution >= 4 is 11.6 Å². The van der Waals surface area contributed by atoms with Gasteiger partial charge in [0.1, 0.15) is 5.75 Å². The zero-order valence-corrected chi connectivity index (χ0v) is 10.2. The van der Waals surface area contributed by atoms with Gasteiger partial charge >= 0.3 is 0 Å². The number of amides is 1. The molecule has 1 fully saturated rings. The van der Waals surface area contributed by atoms with Gasteiger partial charge in [0.25, 0.3) is 5.91 Å². The Bertz CT molecular complexity index is 386. The van der Waals surface area contributed by atoms with Crippen molar-refractivity contribution in [1.82, 2.24) is 0 Å². The van der Waals surface area contributed by atoms with Gasteiger partial charge in [0.05, 0.1) is 6.10 Å². The summed E-state index contributed by atoms with van der Waals surface area (Å²) < 4.78 is 10.7. The van der Waals surface area contributed by atoms with Crippen LogP contribution in [-0.2, 0) is 9.53 Å². The van der Waals surface area contributed by atoms with E-state index >= 15 is 0 Å². The lowest BCUT2D eigenvalue weighted by molar-refractivity contribution is -0.119. The Balaban J connectivity index is 1.77. The molecule has 0 aliphatic carbocycles. The van der Waals surface area contributed by atoms with Crippen LogP contribution in [0.1, 0.15) is 12.8 Å². The van der Waals surface area contributed by atoms with Crippen molar-refractivity contribution in [3.05, 3.63) is 24.3 Å². The lowest BCUT2D eigenvalue weighted by Gasteiger charge is -2.12. The van der Waals surface area contributed by atoms with E-state index in [9.17, 15) is 4.79 Å². The minimum Gasteiger partial charge on any atom is -0.484 e.